The van der Waals surface area contributed by atoms with Crippen molar-refractivity contribution in [2.45, 2.75) is 6.92 Å². The maximum Gasteiger partial charge on any atom is 0.363 e. The molecule has 1 aliphatic rings. The molecule has 0 saturated heterocycles. The number of esters is 2. The van der Waals surface area contributed by atoms with Crippen molar-refractivity contribution < 1.29 is 28.7 Å². The summed E-state index contributed by atoms with van der Waals surface area (Å²) in [6.07, 6.45) is 1.49. The molecule has 9 heteroatoms. The molecule has 0 amide bonds. The highest BCUT2D eigenvalue weighted by molar-refractivity contribution is 6.13. The molecule has 0 aromatic heterocycles. The Hall–Kier alpha value is -4.01. The van der Waals surface area contributed by atoms with Crippen LogP contribution in [0.3, 0.4) is 0 Å². The van der Waals surface area contributed by atoms with Gasteiger partial charge in [-0.05, 0) is 35.9 Å². The largest absolute Gasteiger partial charge is 0.490 e. The van der Waals surface area contributed by atoms with Crippen LogP contribution in [-0.2, 0) is 14.3 Å². The molecule has 3 rings (SSSR count). The molecule has 142 valence electrons. The summed E-state index contributed by atoms with van der Waals surface area (Å²) < 4.78 is 15.0. The van der Waals surface area contributed by atoms with Gasteiger partial charge in [-0.3, -0.25) is 14.9 Å². The van der Waals surface area contributed by atoms with E-state index in [1.54, 1.807) is 24.3 Å². The molecule has 0 N–H and O–H groups in total. The SMILES string of the molecule is COc1ccc(C2=N/C(=C\c3ccc(OC(C)=O)cc3)C(=O)O2)cc1[N+](=O)[O-]. The number of methoxy groups -OCH3 is 1. The van der Waals surface area contributed by atoms with Crippen molar-refractivity contribution in [2.75, 3.05) is 7.11 Å². The summed E-state index contributed by atoms with van der Waals surface area (Å²) in [5.74, 6) is -0.704. The Morgan fingerprint density at radius 2 is 1.93 bits per heavy atom. The van der Waals surface area contributed by atoms with Crippen molar-refractivity contribution in [3.8, 4) is 11.5 Å². The van der Waals surface area contributed by atoms with E-state index in [0.717, 1.165) is 0 Å². The number of ether oxygens (including phenoxy) is 3. The fraction of sp³-hybridized carbons (Fsp3) is 0.105. The number of rotatable bonds is 5. The summed E-state index contributed by atoms with van der Waals surface area (Å²) >= 11 is 0. The minimum Gasteiger partial charge on any atom is -0.490 e. The van der Waals surface area contributed by atoms with E-state index in [1.807, 2.05) is 0 Å². The average Bonchev–Trinajstić information content (AvgIpc) is 3.02. The first kappa shape index (κ1) is 18.8. The molecule has 2 aromatic carbocycles. The molecule has 1 aliphatic heterocycles. The second kappa shape index (κ2) is 7.70. The molecule has 0 bridgehead atoms. The molecule has 0 spiro atoms. The number of nitro groups is 1. The second-order valence-corrected chi connectivity index (χ2v) is 5.64. The maximum atomic E-state index is 12.1. The van der Waals surface area contributed by atoms with Crippen molar-refractivity contribution in [2.24, 2.45) is 4.99 Å². The lowest BCUT2D eigenvalue weighted by Crippen LogP contribution is -2.06. The Kier molecular flexibility index (Phi) is 5.16. The zero-order valence-corrected chi connectivity index (χ0v) is 14.9. The fourth-order valence-corrected chi connectivity index (χ4v) is 2.45. The Morgan fingerprint density at radius 1 is 1.21 bits per heavy atom. The molecule has 0 unspecified atom stereocenters. The summed E-state index contributed by atoms with van der Waals surface area (Å²) in [7, 11) is 1.32. The molecule has 0 atom stereocenters. The standard InChI is InChI=1S/C19H14N2O7/c1-11(22)27-14-6-3-12(4-7-14)9-15-19(23)28-18(20-15)13-5-8-17(26-2)16(10-13)21(24)25/h3-10H,1-2H3/b15-9-. The summed E-state index contributed by atoms with van der Waals surface area (Å²) in [6.45, 7) is 1.30. The van der Waals surface area contributed by atoms with Crippen molar-refractivity contribution >= 4 is 29.6 Å². The lowest BCUT2D eigenvalue weighted by Gasteiger charge is -2.03. The summed E-state index contributed by atoms with van der Waals surface area (Å²) in [4.78, 5) is 37.7. The van der Waals surface area contributed by atoms with Crippen molar-refractivity contribution in [3.63, 3.8) is 0 Å². The first-order valence-electron chi connectivity index (χ1n) is 8.01. The van der Waals surface area contributed by atoms with E-state index in [-0.39, 0.29) is 28.6 Å². The van der Waals surface area contributed by atoms with Crippen LogP contribution >= 0.6 is 0 Å². The number of carbonyl (C=O) groups excluding carboxylic acids is 2. The zero-order chi connectivity index (χ0) is 20.3. The van der Waals surface area contributed by atoms with Gasteiger partial charge in [0.05, 0.1) is 12.0 Å². The van der Waals surface area contributed by atoms with Crippen LogP contribution in [-0.4, -0.2) is 29.9 Å². The highest BCUT2D eigenvalue weighted by Gasteiger charge is 2.26. The van der Waals surface area contributed by atoms with Gasteiger partial charge in [0.2, 0.25) is 5.90 Å². The number of hydrogen-bond acceptors (Lipinski definition) is 8. The van der Waals surface area contributed by atoms with E-state index in [2.05, 4.69) is 4.99 Å². The van der Waals surface area contributed by atoms with Gasteiger partial charge in [-0.15, -0.1) is 0 Å². The molecule has 0 saturated carbocycles. The van der Waals surface area contributed by atoms with Gasteiger partial charge < -0.3 is 14.2 Å². The Morgan fingerprint density at radius 3 is 2.54 bits per heavy atom. The lowest BCUT2D eigenvalue weighted by molar-refractivity contribution is -0.385. The Bertz CT molecular complexity index is 1020. The normalized spacial score (nSPS) is 14.4. The molecule has 0 radical (unpaired) electrons. The summed E-state index contributed by atoms with van der Waals surface area (Å²) in [5, 5.41) is 11.1. The van der Waals surface area contributed by atoms with Gasteiger partial charge in [0.15, 0.2) is 11.4 Å². The molecule has 1 heterocycles. The minimum absolute atomic E-state index is 0.0358. The van der Waals surface area contributed by atoms with E-state index >= 15 is 0 Å². The van der Waals surface area contributed by atoms with Crippen LogP contribution in [0.5, 0.6) is 11.5 Å². The zero-order valence-electron chi connectivity index (χ0n) is 14.9. The van der Waals surface area contributed by atoms with Gasteiger partial charge >= 0.3 is 17.6 Å². The third kappa shape index (κ3) is 4.04. The number of nitro benzene ring substituents is 1. The highest BCUT2D eigenvalue weighted by atomic mass is 16.6. The van der Waals surface area contributed by atoms with Gasteiger partial charge in [-0.1, -0.05) is 12.1 Å². The quantitative estimate of drug-likeness (QED) is 0.256. The van der Waals surface area contributed by atoms with E-state index in [4.69, 9.17) is 14.2 Å². The Balaban J connectivity index is 1.88. The van der Waals surface area contributed by atoms with E-state index in [1.165, 1.54) is 38.3 Å². The molecule has 28 heavy (non-hydrogen) atoms. The smallest absolute Gasteiger partial charge is 0.363 e. The highest BCUT2D eigenvalue weighted by Crippen LogP contribution is 2.29. The number of hydrogen-bond donors (Lipinski definition) is 0. The molecule has 2 aromatic rings. The first-order chi connectivity index (χ1) is 13.4. The number of aliphatic imine (C=N–C) groups is 1. The number of benzene rings is 2. The molecular weight excluding hydrogens is 368 g/mol. The van der Waals surface area contributed by atoms with Crippen LogP contribution in [0.15, 0.2) is 53.2 Å². The van der Waals surface area contributed by atoms with Crippen LogP contribution in [0, 0.1) is 10.1 Å². The molecule has 0 aliphatic carbocycles. The predicted molar refractivity (Wildman–Crippen MR) is 98.0 cm³/mol. The first-order valence-corrected chi connectivity index (χ1v) is 8.01. The van der Waals surface area contributed by atoms with E-state index in [9.17, 15) is 19.7 Å². The van der Waals surface area contributed by atoms with Gasteiger partial charge in [-0.2, -0.15) is 0 Å². The van der Waals surface area contributed by atoms with Crippen molar-refractivity contribution in [3.05, 3.63) is 69.4 Å². The van der Waals surface area contributed by atoms with E-state index < -0.39 is 16.9 Å². The molecule has 9 nitrogen and oxygen atoms in total. The monoisotopic (exact) mass is 382 g/mol. The molecule has 0 fully saturated rings. The predicted octanol–water partition coefficient (Wildman–Crippen LogP) is 2.87. The van der Waals surface area contributed by atoms with Crippen LogP contribution in [0.2, 0.25) is 0 Å². The third-order valence-corrected chi connectivity index (χ3v) is 3.69. The number of cyclic esters (lactones) is 1. The van der Waals surface area contributed by atoms with Gasteiger partial charge in [0.1, 0.15) is 5.75 Å². The lowest BCUT2D eigenvalue weighted by atomic mass is 10.2. The summed E-state index contributed by atoms with van der Waals surface area (Å²) in [5.41, 5.74) is 0.675. The fourth-order valence-electron chi connectivity index (χ4n) is 2.45. The van der Waals surface area contributed by atoms with Crippen LogP contribution in [0.25, 0.3) is 6.08 Å². The van der Waals surface area contributed by atoms with Crippen LogP contribution in [0.1, 0.15) is 18.1 Å². The van der Waals surface area contributed by atoms with Crippen molar-refractivity contribution in [1.29, 1.82) is 0 Å². The third-order valence-electron chi connectivity index (χ3n) is 3.69. The number of nitrogens with zero attached hydrogens (tertiary/aromatic N) is 2. The molecular formula is C19H14N2O7. The minimum atomic E-state index is -0.683. The van der Waals surface area contributed by atoms with Crippen LogP contribution < -0.4 is 9.47 Å². The second-order valence-electron chi connectivity index (χ2n) is 5.64. The summed E-state index contributed by atoms with van der Waals surface area (Å²) in [6, 6.07) is 10.6. The van der Waals surface area contributed by atoms with Gasteiger partial charge in [-0.25, -0.2) is 9.79 Å². The van der Waals surface area contributed by atoms with E-state index in [0.29, 0.717) is 11.3 Å². The van der Waals surface area contributed by atoms with Gasteiger partial charge in [0.25, 0.3) is 0 Å². The van der Waals surface area contributed by atoms with Crippen LogP contribution in [0.4, 0.5) is 5.69 Å². The maximum absolute atomic E-state index is 12.1. The Labute approximate surface area is 159 Å². The average molecular weight is 382 g/mol. The van der Waals surface area contributed by atoms with Crippen molar-refractivity contribution in [1.82, 2.24) is 0 Å². The topological polar surface area (TPSA) is 117 Å². The number of carbonyl (C=O) groups is 2. The van der Waals surface area contributed by atoms with Gasteiger partial charge in [0, 0.05) is 18.6 Å².